The fourth-order valence-electron chi connectivity index (χ4n) is 7.63. The van der Waals surface area contributed by atoms with Gasteiger partial charge in [0.15, 0.2) is 0 Å². The highest BCUT2D eigenvalue weighted by Crippen LogP contribution is 2.40. The summed E-state index contributed by atoms with van der Waals surface area (Å²) in [6.07, 6.45) is 1.89. The van der Waals surface area contributed by atoms with Crippen LogP contribution in [0.1, 0.15) is 42.7 Å². The molecule has 1 aromatic heterocycles. The summed E-state index contributed by atoms with van der Waals surface area (Å²) in [5.74, 6) is 0.205. The zero-order valence-electron chi connectivity index (χ0n) is 28.7. The summed E-state index contributed by atoms with van der Waals surface area (Å²) in [6.45, 7) is 15.6. The first-order valence-corrected chi connectivity index (χ1v) is 17.1. The minimum atomic E-state index is -0.338. The van der Waals surface area contributed by atoms with Crippen LogP contribution in [0.5, 0.6) is 5.88 Å². The third kappa shape index (κ3) is 6.90. The van der Waals surface area contributed by atoms with Gasteiger partial charge in [0, 0.05) is 82.5 Å². The van der Waals surface area contributed by atoms with Crippen molar-refractivity contribution < 1.29 is 14.3 Å². The maximum absolute atomic E-state index is 12.7. The number of nitriles is 2. The van der Waals surface area contributed by atoms with Gasteiger partial charge in [-0.1, -0.05) is 36.9 Å². The second-order valence-corrected chi connectivity index (χ2v) is 13.2. The van der Waals surface area contributed by atoms with Crippen LogP contribution in [0.15, 0.2) is 49.1 Å². The number of aromatic nitrogens is 1. The van der Waals surface area contributed by atoms with E-state index < -0.39 is 0 Å². The summed E-state index contributed by atoms with van der Waals surface area (Å²) in [4.78, 5) is 40.0. The smallest absolute Gasteiger partial charge is 0.246 e. The zero-order chi connectivity index (χ0) is 34.7. The Balaban J connectivity index is 1.36. The van der Waals surface area contributed by atoms with Crippen molar-refractivity contribution in [2.24, 2.45) is 0 Å². The van der Waals surface area contributed by atoms with Crippen LogP contribution in [-0.2, 0) is 22.6 Å². The van der Waals surface area contributed by atoms with E-state index in [9.17, 15) is 20.1 Å². The molecule has 0 aliphatic carbocycles. The van der Waals surface area contributed by atoms with Crippen LogP contribution in [-0.4, -0.2) is 103 Å². The van der Waals surface area contributed by atoms with Crippen LogP contribution >= 0.6 is 0 Å². The molecule has 2 saturated heterocycles. The predicted octanol–water partition coefficient (Wildman–Crippen LogP) is 4.03. The molecule has 11 heteroatoms. The van der Waals surface area contributed by atoms with Gasteiger partial charge in [-0.15, -0.1) is 0 Å². The van der Waals surface area contributed by atoms with Gasteiger partial charge < -0.3 is 24.3 Å². The van der Waals surface area contributed by atoms with Gasteiger partial charge in [0.25, 0.3) is 0 Å². The van der Waals surface area contributed by atoms with E-state index in [0.29, 0.717) is 63.7 Å². The van der Waals surface area contributed by atoms with E-state index in [0.717, 1.165) is 42.3 Å². The van der Waals surface area contributed by atoms with Crippen molar-refractivity contribution in [2.45, 2.75) is 52.3 Å². The number of carbonyl (C=O) groups is 2. The quantitative estimate of drug-likeness (QED) is 0.330. The molecule has 2 fully saturated rings. The molecule has 2 aromatic carbocycles. The molecule has 2 atom stereocenters. The first-order chi connectivity index (χ1) is 23.7. The second-order valence-electron chi connectivity index (χ2n) is 13.2. The summed E-state index contributed by atoms with van der Waals surface area (Å²) in [7, 11) is 0. The first-order valence-electron chi connectivity index (χ1n) is 17.1. The summed E-state index contributed by atoms with van der Waals surface area (Å²) >= 11 is 0. The van der Waals surface area contributed by atoms with E-state index in [4.69, 9.17) is 9.72 Å². The summed E-state index contributed by atoms with van der Waals surface area (Å²) in [5.41, 5.74) is 5.44. The third-order valence-electron chi connectivity index (χ3n) is 10.1. The Labute approximate surface area is 288 Å². The molecule has 254 valence electrons. The van der Waals surface area contributed by atoms with E-state index in [1.54, 1.807) is 11.8 Å². The molecular weight excluding hydrogens is 616 g/mol. The van der Waals surface area contributed by atoms with Crippen molar-refractivity contribution in [3.8, 4) is 18.0 Å². The van der Waals surface area contributed by atoms with Crippen LogP contribution in [0.25, 0.3) is 10.8 Å². The average Bonchev–Trinajstić information content (AvgIpc) is 3.10. The largest absolute Gasteiger partial charge is 0.472 e. The Hall–Kier alpha value is -5.13. The highest BCUT2D eigenvalue weighted by atomic mass is 16.5. The van der Waals surface area contributed by atoms with Crippen molar-refractivity contribution >= 4 is 34.0 Å². The number of ether oxygens (including phenoxy) is 1. The number of hydrogen-bond donors (Lipinski definition) is 0. The number of amides is 2. The fourth-order valence-corrected chi connectivity index (χ4v) is 7.63. The normalized spacial score (nSPS) is 18.8. The van der Waals surface area contributed by atoms with Crippen LogP contribution in [0.3, 0.4) is 0 Å². The van der Waals surface area contributed by atoms with Gasteiger partial charge >= 0.3 is 0 Å². The molecule has 2 amide bonds. The van der Waals surface area contributed by atoms with Crippen LogP contribution in [0.4, 0.5) is 11.4 Å². The van der Waals surface area contributed by atoms with Gasteiger partial charge in [-0.25, -0.2) is 4.98 Å². The Bertz CT molecular complexity index is 1830. The number of fused-ring (bicyclic) bond motifs is 2. The third-order valence-corrected chi connectivity index (χ3v) is 10.1. The molecule has 3 aliphatic heterocycles. The van der Waals surface area contributed by atoms with Gasteiger partial charge in [0.05, 0.1) is 36.5 Å². The lowest BCUT2D eigenvalue weighted by atomic mass is 9.95. The van der Waals surface area contributed by atoms with E-state index in [-0.39, 0.29) is 30.4 Å². The van der Waals surface area contributed by atoms with Crippen molar-refractivity contribution in [1.29, 1.82) is 10.5 Å². The highest BCUT2D eigenvalue weighted by Gasteiger charge is 2.35. The minimum Gasteiger partial charge on any atom is -0.472 e. The van der Waals surface area contributed by atoms with Crippen molar-refractivity contribution in [2.75, 3.05) is 68.7 Å². The second kappa shape index (κ2) is 14.6. The molecule has 0 radical (unpaired) electrons. The van der Waals surface area contributed by atoms with E-state index in [1.807, 2.05) is 11.8 Å². The Kier molecular flexibility index (Phi) is 10.0. The molecule has 0 N–H and O–H groups in total. The van der Waals surface area contributed by atoms with Gasteiger partial charge in [-0.05, 0) is 43.4 Å². The summed E-state index contributed by atoms with van der Waals surface area (Å²) < 4.78 is 6.56. The minimum absolute atomic E-state index is 0.0906. The maximum atomic E-state index is 12.7. The Morgan fingerprint density at radius 2 is 1.82 bits per heavy atom. The standard InChI is InChI=1S/C38H44N8O3/c1-5-35(48)46-21-20-45(24-30(46)12-14-39)37-31-13-15-44(34-11-7-10-29-9-6-8-26(2)36(29)34)25-33(31)41-38(32(37)22-40)49-27(3)23-42-16-18-43(19-17-42)28(4)47/h5-11,27,30H,1,12-13,15-21,23-25H2,2-4H3. The number of hydrogen-bond acceptors (Lipinski definition) is 9. The van der Waals surface area contributed by atoms with Crippen molar-refractivity contribution in [3.05, 3.63) is 71.4 Å². The Morgan fingerprint density at radius 3 is 2.51 bits per heavy atom. The van der Waals surface area contributed by atoms with Gasteiger partial charge in [-0.2, -0.15) is 10.5 Å². The SMILES string of the molecule is C=CC(=O)N1CCN(c2c(C#N)c(OC(C)CN3CCN(C(C)=O)CC3)nc3c2CCN(c2cccc4cccc(C)c24)C3)CC1CC#N. The Morgan fingerprint density at radius 1 is 1.06 bits per heavy atom. The lowest BCUT2D eigenvalue weighted by molar-refractivity contribution is -0.130. The van der Waals surface area contributed by atoms with Crippen LogP contribution in [0, 0.1) is 29.6 Å². The topological polar surface area (TPSA) is 120 Å². The molecule has 3 aliphatic rings. The summed E-state index contributed by atoms with van der Waals surface area (Å²) in [5, 5.41) is 22.7. The number of aryl methyl sites for hydroxylation is 1. The molecule has 3 aromatic rings. The van der Waals surface area contributed by atoms with Crippen LogP contribution in [0.2, 0.25) is 0 Å². The number of carbonyl (C=O) groups excluding carboxylic acids is 2. The lowest BCUT2D eigenvalue weighted by Gasteiger charge is -2.43. The monoisotopic (exact) mass is 660 g/mol. The number of benzene rings is 2. The molecular formula is C38H44N8O3. The molecule has 2 unspecified atom stereocenters. The van der Waals surface area contributed by atoms with Gasteiger partial charge in [0.2, 0.25) is 17.7 Å². The molecule has 49 heavy (non-hydrogen) atoms. The molecule has 4 heterocycles. The number of anilines is 2. The molecule has 6 rings (SSSR count). The van der Waals surface area contributed by atoms with E-state index in [2.05, 4.69) is 76.7 Å². The average molecular weight is 661 g/mol. The number of piperazine rings is 2. The fraction of sp³-hybridized carbons (Fsp3) is 0.447. The predicted molar refractivity (Wildman–Crippen MR) is 189 cm³/mol. The van der Waals surface area contributed by atoms with Crippen LogP contribution < -0.4 is 14.5 Å². The molecule has 0 spiro atoms. The summed E-state index contributed by atoms with van der Waals surface area (Å²) in [6, 6.07) is 17.1. The first kappa shape index (κ1) is 33.8. The van der Waals surface area contributed by atoms with Crippen molar-refractivity contribution in [1.82, 2.24) is 19.7 Å². The lowest BCUT2D eigenvalue weighted by Crippen LogP contribution is -2.55. The number of rotatable bonds is 8. The van der Waals surface area contributed by atoms with Gasteiger partial charge in [0.1, 0.15) is 17.7 Å². The molecule has 11 nitrogen and oxygen atoms in total. The molecule has 0 bridgehead atoms. The zero-order valence-corrected chi connectivity index (χ0v) is 28.7. The number of pyridine rings is 1. The van der Waals surface area contributed by atoms with Gasteiger partial charge in [-0.3, -0.25) is 14.5 Å². The highest BCUT2D eigenvalue weighted by molar-refractivity contribution is 5.97. The number of nitrogens with zero attached hydrogens (tertiary/aromatic N) is 8. The van der Waals surface area contributed by atoms with E-state index in [1.165, 1.54) is 22.4 Å². The van der Waals surface area contributed by atoms with E-state index >= 15 is 0 Å². The van der Waals surface area contributed by atoms with Crippen molar-refractivity contribution in [3.63, 3.8) is 0 Å². The maximum Gasteiger partial charge on any atom is 0.246 e. The molecule has 0 saturated carbocycles.